The molecule has 35 heavy (non-hydrogen) atoms. The number of benzene rings is 1. The molecule has 0 unspecified atom stereocenters. The van der Waals surface area contributed by atoms with Gasteiger partial charge in [0.25, 0.3) is 5.91 Å². The average molecular weight is 499 g/mol. The van der Waals surface area contributed by atoms with Crippen LogP contribution in [0.25, 0.3) is 11.2 Å². The van der Waals surface area contributed by atoms with Gasteiger partial charge in [0.15, 0.2) is 0 Å². The highest BCUT2D eigenvalue weighted by Gasteiger charge is 2.28. The fraction of sp³-hybridized carbons (Fsp3) is 0.385. The third-order valence-corrected chi connectivity index (χ3v) is 6.34. The number of nitrogens with zero attached hydrogens (tertiary/aromatic N) is 3. The number of amides is 1. The lowest BCUT2D eigenvalue weighted by Crippen LogP contribution is -2.24. The number of aliphatic hydroxyl groups excluding tert-OH is 1. The summed E-state index contributed by atoms with van der Waals surface area (Å²) < 4.78 is 13.4. The molecule has 3 aromatic rings. The Hall–Kier alpha value is -3.07. The molecule has 1 aliphatic heterocycles. The van der Waals surface area contributed by atoms with E-state index in [1.165, 1.54) is 25.9 Å². The molecule has 1 amide bonds. The van der Waals surface area contributed by atoms with Crippen LogP contribution in [-0.2, 0) is 16.0 Å². The maximum absolute atomic E-state index is 13.0. The number of allylic oxidation sites excluding steroid dienone is 1. The molecule has 8 nitrogen and oxygen atoms in total. The van der Waals surface area contributed by atoms with Gasteiger partial charge in [0.2, 0.25) is 0 Å². The highest BCUT2D eigenvalue weighted by atomic mass is 35.5. The molecule has 2 N–H and O–H groups in total. The van der Waals surface area contributed by atoms with Gasteiger partial charge in [0.1, 0.15) is 35.0 Å². The van der Waals surface area contributed by atoms with Gasteiger partial charge in [-0.3, -0.25) is 4.79 Å². The number of anilines is 1. The van der Waals surface area contributed by atoms with Crippen LogP contribution in [0.2, 0.25) is 0 Å². The van der Waals surface area contributed by atoms with Gasteiger partial charge in [-0.2, -0.15) is 0 Å². The predicted octanol–water partition coefficient (Wildman–Crippen LogP) is 4.10. The average Bonchev–Trinajstić information content (AvgIpc) is 3.49. The van der Waals surface area contributed by atoms with Crippen molar-refractivity contribution in [1.82, 2.24) is 14.3 Å². The van der Waals surface area contributed by atoms with Gasteiger partial charge in [-0.05, 0) is 68.8 Å². The molecule has 0 spiro atoms. The van der Waals surface area contributed by atoms with Crippen molar-refractivity contribution >= 4 is 35.2 Å². The molecule has 1 aliphatic carbocycles. The molecule has 3 heterocycles. The summed E-state index contributed by atoms with van der Waals surface area (Å²) in [6.07, 6.45) is 5.55. The summed E-state index contributed by atoms with van der Waals surface area (Å²) in [5, 5.41) is 13.4. The Morgan fingerprint density at radius 3 is 2.63 bits per heavy atom. The van der Waals surface area contributed by atoms with Crippen molar-refractivity contribution in [2.45, 2.75) is 25.7 Å². The van der Waals surface area contributed by atoms with Crippen molar-refractivity contribution in [1.29, 1.82) is 0 Å². The minimum Gasteiger partial charge on any atom is -0.511 e. The van der Waals surface area contributed by atoms with E-state index in [0.717, 1.165) is 24.5 Å². The molecule has 0 atom stereocenters. The number of aryl methyl sites for hydroxylation is 1. The zero-order valence-electron chi connectivity index (χ0n) is 19.6. The monoisotopic (exact) mass is 498 g/mol. The Labute approximate surface area is 211 Å². The van der Waals surface area contributed by atoms with Crippen LogP contribution in [0.15, 0.2) is 54.4 Å². The summed E-state index contributed by atoms with van der Waals surface area (Å²) in [5.41, 5.74) is 3.09. The number of imidazole rings is 1. The lowest BCUT2D eigenvalue weighted by Gasteiger charge is -2.16. The molecular weight excluding hydrogens is 468 g/mol. The maximum atomic E-state index is 13.0. The topological polar surface area (TPSA) is 88.3 Å². The predicted molar refractivity (Wildman–Crippen MR) is 137 cm³/mol. The van der Waals surface area contributed by atoms with E-state index in [9.17, 15) is 9.90 Å². The lowest BCUT2D eigenvalue weighted by atomic mass is 9.97. The first-order valence-corrected chi connectivity index (χ1v) is 11.9. The van der Waals surface area contributed by atoms with Crippen LogP contribution in [0, 0.1) is 0 Å². The molecular formula is C26H31ClN4O4. The number of ether oxygens (including phenoxy) is 2. The van der Waals surface area contributed by atoms with E-state index in [1.54, 1.807) is 12.1 Å². The zero-order chi connectivity index (χ0) is 23.3. The Balaban J connectivity index is 0.00000289. The molecule has 0 bridgehead atoms. The largest absolute Gasteiger partial charge is 0.511 e. The number of hydrogen-bond donors (Lipinski definition) is 2. The molecule has 1 fully saturated rings. The van der Waals surface area contributed by atoms with Crippen molar-refractivity contribution in [3.8, 4) is 5.75 Å². The summed E-state index contributed by atoms with van der Waals surface area (Å²) in [5.74, 6) is 0.406. The Bertz CT molecular complexity index is 1190. The fourth-order valence-electron chi connectivity index (χ4n) is 4.57. The standard InChI is InChI=1S/C26H30N4O4.ClH/c31-22-11-10-21-25(28-23-5-1-2-14-30(21)23)24(22)26(32)27-19-6-8-20(9-7-19)34-18-17-33-16-15-29-12-3-4-13-29;/h1-2,5-9,14,31H,3-4,10-13,15-18H2,(H,27,32);1H. The van der Waals surface area contributed by atoms with E-state index in [1.807, 2.05) is 40.9 Å². The number of aliphatic hydroxyl groups is 1. The number of carbonyl (C=O) groups is 1. The van der Waals surface area contributed by atoms with Gasteiger partial charge >= 0.3 is 0 Å². The molecule has 5 rings (SSSR count). The third-order valence-electron chi connectivity index (χ3n) is 6.34. The second-order valence-corrected chi connectivity index (χ2v) is 8.65. The zero-order valence-corrected chi connectivity index (χ0v) is 20.4. The minimum absolute atomic E-state index is 0. The van der Waals surface area contributed by atoms with E-state index < -0.39 is 0 Å². The summed E-state index contributed by atoms with van der Waals surface area (Å²) in [7, 11) is 0. The molecule has 1 aromatic carbocycles. The van der Waals surface area contributed by atoms with Gasteiger partial charge in [-0.1, -0.05) is 6.07 Å². The molecule has 0 saturated carbocycles. The number of fused-ring (bicyclic) bond motifs is 3. The smallest absolute Gasteiger partial charge is 0.261 e. The van der Waals surface area contributed by atoms with Crippen molar-refractivity contribution in [3.05, 3.63) is 65.8 Å². The second kappa shape index (κ2) is 11.6. The first kappa shape index (κ1) is 25.0. The lowest BCUT2D eigenvalue weighted by molar-refractivity contribution is -0.111. The number of carbonyl (C=O) groups excluding carboxylic acids is 1. The maximum Gasteiger partial charge on any atom is 0.261 e. The Morgan fingerprint density at radius 1 is 1.03 bits per heavy atom. The molecule has 9 heteroatoms. The van der Waals surface area contributed by atoms with Crippen LogP contribution in [0.3, 0.4) is 0 Å². The SMILES string of the molecule is Cl.O=C(Nc1ccc(OCCOCCN2CCCC2)cc1)C1=C(O)CCc2c1nc1ccccn21. The summed E-state index contributed by atoms with van der Waals surface area (Å²) >= 11 is 0. The number of pyridine rings is 1. The quantitative estimate of drug-likeness (QED) is 0.432. The van der Waals surface area contributed by atoms with Crippen LogP contribution in [0.5, 0.6) is 5.75 Å². The summed E-state index contributed by atoms with van der Waals surface area (Å²) in [6, 6.07) is 12.9. The molecule has 186 valence electrons. The molecule has 2 aliphatic rings. The Morgan fingerprint density at radius 2 is 1.83 bits per heavy atom. The summed E-state index contributed by atoms with van der Waals surface area (Å²) in [6.45, 7) is 5.09. The van der Waals surface area contributed by atoms with Crippen LogP contribution < -0.4 is 10.1 Å². The van der Waals surface area contributed by atoms with Gasteiger partial charge in [0, 0.05) is 24.8 Å². The second-order valence-electron chi connectivity index (χ2n) is 8.65. The van der Waals surface area contributed by atoms with Gasteiger partial charge in [0.05, 0.1) is 18.9 Å². The molecule has 1 saturated heterocycles. The van der Waals surface area contributed by atoms with Gasteiger partial charge in [-0.15, -0.1) is 12.4 Å². The van der Waals surface area contributed by atoms with Crippen molar-refractivity contribution in [2.24, 2.45) is 0 Å². The number of hydrogen-bond acceptors (Lipinski definition) is 6. The van der Waals surface area contributed by atoms with Gasteiger partial charge < -0.3 is 29.2 Å². The Kier molecular flexibility index (Phi) is 8.28. The first-order valence-electron chi connectivity index (χ1n) is 11.9. The van der Waals surface area contributed by atoms with E-state index >= 15 is 0 Å². The number of nitrogens with one attached hydrogen (secondary N) is 1. The van der Waals surface area contributed by atoms with Crippen molar-refractivity contribution < 1.29 is 19.4 Å². The van der Waals surface area contributed by atoms with Crippen molar-refractivity contribution in [2.75, 3.05) is 44.8 Å². The van der Waals surface area contributed by atoms with Crippen LogP contribution in [-0.4, -0.2) is 64.8 Å². The molecule has 0 radical (unpaired) electrons. The van der Waals surface area contributed by atoms with Crippen LogP contribution in [0.4, 0.5) is 5.69 Å². The highest BCUT2D eigenvalue weighted by Crippen LogP contribution is 2.31. The number of aromatic nitrogens is 2. The number of likely N-dealkylation sites (tertiary alicyclic amines) is 1. The molecule has 2 aromatic heterocycles. The third kappa shape index (κ3) is 5.78. The summed E-state index contributed by atoms with van der Waals surface area (Å²) in [4.78, 5) is 20.1. The van der Waals surface area contributed by atoms with Crippen LogP contribution >= 0.6 is 12.4 Å². The van der Waals surface area contributed by atoms with E-state index in [0.29, 0.717) is 43.2 Å². The van der Waals surface area contributed by atoms with E-state index in [4.69, 9.17) is 9.47 Å². The van der Waals surface area contributed by atoms with E-state index in [-0.39, 0.29) is 29.6 Å². The van der Waals surface area contributed by atoms with Gasteiger partial charge in [-0.25, -0.2) is 4.98 Å². The fourth-order valence-corrected chi connectivity index (χ4v) is 4.57. The first-order chi connectivity index (χ1) is 16.7. The number of halogens is 1. The van der Waals surface area contributed by atoms with E-state index in [2.05, 4.69) is 15.2 Å². The van der Waals surface area contributed by atoms with Crippen molar-refractivity contribution in [3.63, 3.8) is 0 Å². The minimum atomic E-state index is -0.373. The normalized spacial score (nSPS) is 15.7. The highest BCUT2D eigenvalue weighted by molar-refractivity contribution is 6.26. The number of rotatable bonds is 9. The van der Waals surface area contributed by atoms with Crippen LogP contribution in [0.1, 0.15) is 30.7 Å².